The van der Waals surface area contributed by atoms with Crippen LogP contribution in [0, 0.1) is 5.41 Å². The first-order valence-corrected chi connectivity index (χ1v) is 10.5. The Balaban J connectivity index is 2.06. The maximum atomic E-state index is 14.3. The number of nitrogens with zero attached hydrogens (tertiary/aromatic N) is 2. The minimum Gasteiger partial charge on any atom is -0.467 e. The van der Waals surface area contributed by atoms with Gasteiger partial charge in [0.15, 0.2) is 5.78 Å². The summed E-state index contributed by atoms with van der Waals surface area (Å²) in [5.74, 6) is -1.39. The number of allylic oxidation sites excluding steroid dienone is 1. The molecule has 11 heteroatoms. The number of thiophene rings is 1. The molecule has 0 aromatic carbocycles. The van der Waals surface area contributed by atoms with Gasteiger partial charge in [-0.3, -0.25) is 4.79 Å². The van der Waals surface area contributed by atoms with E-state index in [1.54, 1.807) is 26.0 Å². The van der Waals surface area contributed by atoms with Crippen LogP contribution in [-0.2, 0) is 11.3 Å². The number of hydrogen-bond donors (Lipinski definition) is 0. The smallest absolute Gasteiger partial charge is 0.427 e. The van der Waals surface area contributed by atoms with E-state index in [0.717, 1.165) is 11.3 Å². The van der Waals surface area contributed by atoms with Crippen LogP contribution < -0.4 is 0 Å². The van der Waals surface area contributed by atoms with Crippen LogP contribution in [0.15, 0.2) is 56.6 Å². The molecule has 172 valence electrons. The molecule has 0 unspecified atom stereocenters. The van der Waals surface area contributed by atoms with Crippen molar-refractivity contribution in [2.75, 3.05) is 0 Å². The van der Waals surface area contributed by atoms with E-state index in [2.05, 4.69) is 4.99 Å². The maximum Gasteiger partial charge on any atom is 0.427 e. The van der Waals surface area contributed by atoms with Gasteiger partial charge in [-0.05, 0) is 35.4 Å². The van der Waals surface area contributed by atoms with Crippen molar-refractivity contribution in [2.45, 2.75) is 51.1 Å². The molecule has 0 atom stereocenters. The SMILES string of the molecule is CC1(C)CC(=O)C2=C(C1)N(Cc1ccco1)C(c1cccs1)=NC2(C(F)(F)F)C(F)(F)F. The number of carbonyl (C=O) groups excluding carboxylic acids is 1. The van der Waals surface area contributed by atoms with E-state index in [1.807, 2.05) is 0 Å². The van der Waals surface area contributed by atoms with Crippen molar-refractivity contribution in [3.8, 4) is 0 Å². The fourth-order valence-electron chi connectivity index (χ4n) is 4.23. The van der Waals surface area contributed by atoms with Crippen LogP contribution in [0.5, 0.6) is 0 Å². The third-order valence-electron chi connectivity index (χ3n) is 5.53. The summed E-state index contributed by atoms with van der Waals surface area (Å²) in [7, 11) is 0. The molecule has 0 radical (unpaired) electrons. The minimum absolute atomic E-state index is 0.122. The molecule has 0 spiro atoms. The Bertz CT molecular complexity index is 1060. The summed E-state index contributed by atoms with van der Waals surface area (Å²) < 4.78 is 91.1. The maximum absolute atomic E-state index is 14.3. The van der Waals surface area contributed by atoms with Gasteiger partial charge in [0.2, 0.25) is 0 Å². The summed E-state index contributed by atoms with van der Waals surface area (Å²) in [5, 5.41) is 1.53. The van der Waals surface area contributed by atoms with Gasteiger partial charge in [-0.1, -0.05) is 19.9 Å². The van der Waals surface area contributed by atoms with E-state index in [0.29, 0.717) is 5.76 Å². The van der Waals surface area contributed by atoms with Crippen LogP contribution in [0.25, 0.3) is 0 Å². The number of halogens is 6. The van der Waals surface area contributed by atoms with Crippen LogP contribution in [0.4, 0.5) is 26.3 Å². The Morgan fingerprint density at radius 3 is 2.31 bits per heavy atom. The molecule has 2 aromatic heterocycles. The predicted octanol–water partition coefficient (Wildman–Crippen LogP) is 6.11. The molecular formula is C21H18F6N2O2S. The number of aliphatic imine (C=N–C) groups is 1. The lowest BCUT2D eigenvalue weighted by atomic mass is 9.69. The molecule has 4 rings (SSSR count). The first-order valence-electron chi connectivity index (χ1n) is 9.61. The molecule has 0 N–H and O–H groups in total. The highest BCUT2D eigenvalue weighted by Crippen LogP contribution is 2.57. The molecule has 3 heterocycles. The zero-order valence-electron chi connectivity index (χ0n) is 17.0. The van der Waals surface area contributed by atoms with Crippen molar-refractivity contribution in [3.05, 3.63) is 57.8 Å². The number of alkyl halides is 6. The van der Waals surface area contributed by atoms with E-state index < -0.39 is 46.9 Å². The Kier molecular flexibility index (Phi) is 5.11. The molecule has 0 saturated carbocycles. The van der Waals surface area contributed by atoms with E-state index >= 15 is 0 Å². The molecular weight excluding hydrogens is 458 g/mol. The van der Waals surface area contributed by atoms with Gasteiger partial charge < -0.3 is 9.32 Å². The average molecular weight is 476 g/mol. The second-order valence-electron chi connectivity index (χ2n) is 8.55. The quantitative estimate of drug-likeness (QED) is 0.502. The van der Waals surface area contributed by atoms with Crippen LogP contribution in [0.1, 0.15) is 37.3 Å². The summed E-state index contributed by atoms with van der Waals surface area (Å²) in [6, 6.07) is 6.02. The Morgan fingerprint density at radius 1 is 1.09 bits per heavy atom. The summed E-state index contributed by atoms with van der Waals surface area (Å²) in [6.45, 7) is 3.11. The Labute approximate surface area is 183 Å². The molecule has 0 saturated heterocycles. The number of furan rings is 1. The normalized spacial score (nSPS) is 20.9. The standard InChI is InChI=1S/C21H18F6N2O2S/c1-18(2)9-13-16(14(30)10-18)19(20(22,23)24,21(25,26)27)28-17(15-6-4-8-32-15)29(13)11-12-5-3-7-31-12/h3-8H,9-11H2,1-2H3. The fourth-order valence-corrected chi connectivity index (χ4v) is 4.95. The van der Waals surface area contributed by atoms with Crippen molar-refractivity contribution in [3.63, 3.8) is 0 Å². The molecule has 2 aromatic rings. The number of carbonyl (C=O) groups is 1. The number of rotatable bonds is 3. The predicted molar refractivity (Wildman–Crippen MR) is 105 cm³/mol. The number of amidine groups is 1. The average Bonchev–Trinajstić information content (AvgIpc) is 3.32. The van der Waals surface area contributed by atoms with Gasteiger partial charge in [-0.15, -0.1) is 11.3 Å². The first-order chi connectivity index (χ1) is 14.8. The summed E-state index contributed by atoms with van der Waals surface area (Å²) >= 11 is 0.963. The lowest BCUT2D eigenvalue weighted by molar-refractivity contribution is -0.283. The van der Waals surface area contributed by atoms with Crippen molar-refractivity contribution >= 4 is 23.0 Å². The summed E-state index contributed by atoms with van der Waals surface area (Å²) in [5.41, 5.74) is -7.14. The molecule has 1 aliphatic carbocycles. The largest absolute Gasteiger partial charge is 0.467 e. The van der Waals surface area contributed by atoms with Crippen molar-refractivity contribution in [1.29, 1.82) is 0 Å². The lowest BCUT2D eigenvalue weighted by Gasteiger charge is -2.47. The monoisotopic (exact) mass is 476 g/mol. The van der Waals surface area contributed by atoms with Gasteiger partial charge in [0, 0.05) is 12.1 Å². The molecule has 2 aliphatic rings. The van der Waals surface area contributed by atoms with Crippen LogP contribution in [-0.4, -0.2) is 34.4 Å². The first kappa shape index (κ1) is 22.6. The second-order valence-corrected chi connectivity index (χ2v) is 9.49. The van der Waals surface area contributed by atoms with Gasteiger partial charge in [0.05, 0.1) is 23.3 Å². The van der Waals surface area contributed by atoms with Gasteiger partial charge in [-0.25, -0.2) is 4.99 Å². The van der Waals surface area contributed by atoms with Gasteiger partial charge in [0.25, 0.3) is 5.54 Å². The minimum atomic E-state index is -5.87. The fraction of sp³-hybridized carbons (Fsp3) is 0.429. The Morgan fingerprint density at radius 2 is 1.78 bits per heavy atom. The van der Waals surface area contributed by atoms with Crippen LogP contribution in [0.3, 0.4) is 0 Å². The second kappa shape index (κ2) is 7.23. The van der Waals surface area contributed by atoms with Crippen molar-refractivity contribution in [1.82, 2.24) is 4.90 Å². The highest BCUT2D eigenvalue weighted by molar-refractivity contribution is 7.12. The van der Waals surface area contributed by atoms with Gasteiger partial charge in [-0.2, -0.15) is 26.3 Å². The number of Topliss-reactive ketones (excluding diaryl/α,β-unsaturated/α-hetero) is 1. The zero-order chi connectivity index (χ0) is 23.5. The van der Waals surface area contributed by atoms with Crippen molar-refractivity contribution in [2.24, 2.45) is 10.4 Å². The van der Waals surface area contributed by atoms with E-state index in [-0.39, 0.29) is 23.5 Å². The van der Waals surface area contributed by atoms with Crippen molar-refractivity contribution < 1.29 is 35.6 Å². The molecule has 0 fully saturated rings. The Hall–Kier alpha value is -2.56. The zero-order valence-corrected chi connectivity index (χ0v) is 17.8. The third kappa shape index (κ3) is 3.46. The molecule has 0 bridgehead atoms. The molecule has 0 amide bonds. The molecule has 32 heavy (non-hydrogen) atoms. The van der Waals surface area contributed by atoms with Gasteiger partial charge >= 0.3 is 12.4 Å². The number of ketones is 1. The van der Waals surface area contributed by atoms with Crippen LogP contribution >= 0.6 is 11.3 Å². The summed E-state index contributed by atoms with van der Waals surface area (Å²) in [6.07, 6.45) is -11.0. The highest BCUT2D eigenvalue weighted by atomic mass is 32.1. The van der Waals surface area contributed by atoms with Gasteiger partial charge in [0.1, 0.15) is 11.6 Å². The number of hydrogen-bond acceptors (Lipinski definition) is 5. The van der Waals surface area contributed by atoms with E-state index in [1.165, 1.54) is 28.7 Å². The van der Waals surface area contributed by atoms with E-state index in [4.69, 9.17) is 4.42 Å². The third-order valence-corrected chi connectivity index (χ3v) is 6.39. The molecule has 4 nitrogen and oxygen atoms in total. The summed E-state index contributed by atoms with van der Waals surface area (Å²) in [4.78, 5) is 17.6. The highest BCUT2D eigenvalue weighted by Gasteiger charge is 2.77. The molecule has 1 aliphatic heterocycles. The topological polar surface area (TPSA) is 45.8 Å². The van der Waals surface area contributed by atoms with Crippen LogP contribution in [0.2, 0.25) is 0 Å². The van der Waals surface area contributed by atoms with E-state index in [9.17, 15) is 31.1 Å². The lowest BCUT2D eigenvalue weighted by Crippen LogP contribution is -2.63.